The summed E-state index contributed by atoms with van der Waals surface area (Å²) in [6.07, 6.45) is 7.67. The summed E-state index contributed by atoms with van der Waals surface area (Å²) in [7, 11) is 0. The van der Waals surface area contributed by atoms with E-state index in [0.29, 0.717) is 11.7 Å². The van der Waals surface area contributed by atoms with Crippen LogP contribution in [0.3, 0.4) is 0 Å². The SMILES string of the molecule is CC1=C(c2ccccc2)C(C2=CC=CCC2C)NN1c1ccccc1-c1cccc(OCC(=O)O)c1. The summed E-state index contributed by atoms with van der Waals surface area (Å²) in [5.41, 5.74) is 11.8. The highest BCUT2D eigenvalue weighted by molar-refractivity contribution is 5.87. The maximum Gasteiger partial charge on any atom is 0.341 e. The van der Waals surface area contributed by atoms with Crippen molar-refractivity contribution in [3.63, 3.8) is 0 Å². The molecule has 0 radical (unpaired) electrons. The minimum Gasteiger partial charge on any atom is -0.482 e. The van der Waals surface area contributed by atoms with Crippen molar-refractivity contribution in [2.45, 2.75) is 26.3 Å². The largest absolute Gasteiger partial charge is 0.482 e. The first-order valence-electron chi connectivity index (χ1n) is 12.3. The Kier molecular flexibility index (Phi) is 6.74. The summed E-state index contributed by atoms with van der Waals surface area (Å²) in [4.78, 5) is 11.0. The molecule has 1 heterocycles. The molecule has 0 saturated carbocycles. The number of anilines is 1. The van der Waals surface area contributed by atoms with Gasteiger partial charge in [0.1, 0.15) is 5.75 Å². The van der Waals surface area contributed by atoms with Crippen LogP contribution in [0.4, 0.5) is 5.69 Å². The number of carboxylic acid groups (broad SMARTS) is 1. The molecule has 0 fully saturated rings. The zero-order chi connectivity index (χ0) is 25.1. The van der Waals surface area contributed by atoms with E-state index in [4.69, 9.17) is 9.84 Å². The molecule has 2 N–H and O–H groups in total. The fraction of sp³-hybridized carbons (Fsp3) is 0.194. The minimum absolute atomic E-state index is 0.0608. The van der Waals surface area contributed by atoms with Crippen LogP contribution in [0.15, 0.2) is 108 Å². The number of rotatable bonds is 7. The summed E-state index contributed by atoms with van der Waals surface area (Å²) < 4.78 is 5.45. The van der Waals surface area contributed by atoms with Crippen molar-refractivity contribution in [3.05, 3.63) is 114 Å². The lowest BCUT2D eigenvalue weighted by Gasteiger charge is -2.28. The third-order valence-electron chi connectivity index (χ3n) is 6.83. The average molecular weight is 479 g/mol. The number of hydrazine groups is 1. The lowest BCUT2D eigenvalue weighted by Crippen LogP contribution is -2.39. The van der Waals surface area contributed by atoms with Crippen LogP contribution >= 0.6 is 0 Å². The number of nitrogens with one attached hydrogen (secondary N) is 1. The van der Waals surface area contributed by atoms with Gasteiger partial charge in [-0.15, -0.1) is 0 Å². The van der Waals surface area contributed by atoms with Crippen LogP contribution in [0.1, 0.15) is 25.8 Å². The second-order valence-corrected chi connectivity index (χ2v) is 9.22. The van der Waals surface area contributed by atoms with Crippen LogP contribution < -0.4 is 15.2 Å². The highest BCUT2D eigenvalue weighted by atomic mass is 16.5. The maximum atomic E-state index is 11.0. The third kappa shape index (κ3) is 4.70. The van der Waals surface area contributed by atoms with Gasteiger partial charge in [0.2, 0.25) is 0 Å². The molecular weight excluding hydrogens is 448 g/mol. The molecule has 2 atom stereocenters. The van der Waals surface area contributed by atoms with Crippen molar-refractivity contribution in [2.24, 2.45) is 5.92 Å². The van der Waals surface area contributed by atoms with E-state index in [0.717, 1.165) is 28.9 Å². The van der Waals surface area contributed by atoms with E-state index in [9.17, 15) is 4.79 Å². The van der Waals surface area contributed by atoms with Gasteiger partial charge in [0, 0.05) is 16.8 Å². The normalized spacial score (nSPS) is 19.4. The Morgan fingerprint density at radius 1 is 1.03 bits per heavy atom. The van der Waals surface area contributed by atoms with Gasteiger partial charge in [-0.3, -0.25) is 5.01 Å². The fourth-order valence-electron chi connectivity index (χ4n) is 5.06. The molecule has 5 nitrogen and oxygen atoms in total. The molecule has 0 spiro atoms. The minimum atomic E-state index is -0.997. The predicted octanol–water partition coefficient (Wildman–Crippen LogP) is 6.46. The Morgan fingerprint density at radius 3 is 2.56 bits per heavy atom. The van der Waals surface area contributed by atoms with Crippen LogP contribution in [-0.4, -0.2) is 23.7 Å². The lowest BCUT2D eigenvalue weighted by molar-refractivity contribution is -0.139. The summed E-state index contributed by atoms with van der Waals surface area (Å²) in [6, 6.07) is 26.5. The molecule has 5 rings (SSSR count). The van der Waals surface area contributed by atoms with Crippen molar-refractivity contribution in [1.82, 2.24) is 5.43 Å². The Labute approximate surface area is 212 Å². The Balaban J connectivity index is 1.58. The lowest BCUT2D eigenvalue weighted by atomic mass is 9.83. The van der Waals surface area contributed by atoms with Crippen LogP contribution in [0, 0.1) is 5.92 Å². The summed E-state index contributed by atoms with van der Waals surface area (Å²) in [6.45, 7) is 4.08. The van der Waals surface area contributed by atoms with E-state index < -0.39 is 5.97 Å². The van der Waals surface area contributed by atoms with Gasteiger partial charge in [-0.2, -0.15) is 0 Å². The van der Waals surface area contributed by atoms with Crippen molar-refractivity contribution in [3.8, 4) is 16.9 Å². The molecule has 36 heavy (non-hydrogen) atoms. The molecule has 182 valence electrons. The topological polar surface area (TPSA) is 61.8 Å². The highest BCUT2D eigenvalue weighted by Crippen LogP contribution is 2.42. The van der Waals surface area contributed by atoms with E-state index in [1.165, 1.54) is 16.7 Å². The first-order valence-corrected chi connectivity index (χ1v) is 12.3. The van der Waals surface area contributed by atoms with E-state index in [-0.39, 0.29) is 12.6 Å². The van der Waals surface area contributed by atoms with Crippen molar-refractivity contribution >= 4 is 17.2 Å². The number of ether oxygens (including phenoxy) is 1. The van der Waals surface area contributed by atoms with Gasteiger partial charge in [-0.25, -0.2) is 10.2 Å². The van der Waals surface area contributed by atoms with Gasteiger partial charge in [-0.05, 0) is 54.2 Å². The molecule has 0 bridgehead atoms. The third-order valence-corrected chi connectivity index (χ3v) is 6.83. The zero-order valence-electron chi connectivity index (χ0n) is 20.5. The van der Waals surface area contributed by atoms with Crippen molar-refractivity contribution in [1.29, 1.82) is 0 Å². The van der Waals surface area contributed by atoms with Gasteiger partial charge in [0.15, 0.2) is 6.61 Å². The average Bonchev–Trinajstić information content (AvgIpc) is 3.25. The summed E-state index contributed by atoms with van der Waals surface area (Å²) in [5.74, 6) is -0.0251. The van der Waals surface area contributed by atoms with Crippen LogP contribution in [0.2, 0.25) is 0 Å². The van der Waals surface area contributed by atoms with E-state index in [1.54, 1.807) is 6.07 Å². The number of hydrogen-bond acceptors (Lipinski definition) is 4. The van der Waals surface area contributed by atoms with E-state index >= 15 is 0 Å². The number of aliphatic carboxylic acids is 1. The summed E-state index contributed by atoms with van der Waals surface area (Å²) >= 11 is 0. The van der Waals surface area contributed by atoms with Crippen LogP contribution in [-0.2, 0) is 4.79 Å². The highest BCUT2D eigenvalue weighted by Gasteiger charge is 2.35. The first-order chi connectivity index (χ1) is 17.5. The molecule has 2 aliphatic rings. The van der Waals surface area contributed by atoms with Gasteiger partial charge in [0.25, 0.3) is 0 Å². The molecule has 3 aromatic rings. The van der Waals surface area contributed by atoms with Crippen LogP contribution in [0.25, 0.3) is 16.7 Å². The molecule has 1 aliphatic carbocycles. The molecule has 3 aromatic carbocycles. The fourth-order valence-corrected chi connectivity index (χ4v) is 5.06. The Morgan fingerprint density at radius 2 is 1.78 bits per heavy atom. The standard InChI is InChI=1S/C31H30N2O3/c1-21-11-6-7-16-26(21)31-30(23-12-4-3-5-13-23)22(2)33(32-31)28-18-9-8-17-27(28)24-14-10-15-25(19-24)36-20-29(34)35/h3-10,12-19,21,31-32H,11,20H2,1-2H3,(H,34,35). The van der Waals surface area contributed by atoms with Gasteiger partial charge in [-0.1, -0.05) is 85.8 Å². The number of carboxylic acids is 1. The second-order valence-electron chi connectivity index (χ2n) is 9.22. The number of nitrogens with zero attached hydrogens (tertiary/aromatic N) is 1. The summed E-state index contributed by atoms with van der Waals surface area (Å²) in [5, 5.41) is 11.2. The van der Waals surface area contributed by atoms with Crippen molar-refractivity contribution in [2.75, 3.05) is 11.6 Å². The predicted molar refractivity (Wildman–Crippen MR) is 144 cm³/mol. The second kappa shape index (κ2) is 10.3. The quantitative estimate of drug-likeness (QED) is 0.408. The monoisotopic (exact) mass is 478 g/mol. The number of para-hydroxylation sites is 1. The number of hydrogen-bond donors (Lipinski definition) is 2. The van der Waals surface area contributed by atoms with Gasteiger partial charge < -0.3 is 9.84 Å². The molecule has 0 aromatic heterocycles. The Hall–Kier alpha value is -4.09. The van der Waals surface area contributed by atoms with Gasteiger partial charge in [0.05, 0.1) is 11.7 Å². The zero-order valence-corrected chi connectivity index (χ0v) is 20.5. The van der Waals surface area contributed by atoms with E-state index in [2.05, 4.69) is 85.0 Å². The first kappa shape index (κ1) is 23.6. The molecule has 0 saturated heterocycles. The number of allylic oxidation sites excluding steroid dienone is 4. The number of carbonyl (C=O) groups is 1. The molecular formula is C31H30N2O3. The molecule has 1 aliphatic heterocycles. The van der Waals surface area contributed by atoms with Crippen LogP contribution in [0.5, 0.6) is 5.75 Å². The Bertz CT molecular complexity index is 1360. The maximum absolute atomic E-state index is 11.0. The molecule has 2 unspecified atom stereocenters. The van der Waals surface area contributed by atoms with E-state index in [1.807, 2.05) is 30.3 Å². The molecule has 5 heteroatoms. The van der Waals surface area contributed by atoms with Crippen molar-refractivity contribution < 1.29 is 14.6 Å². The smallest absolute Gasteiger partial charge is 0.341 e. The molecule has 0 amide bonds. The number of benzene rings is 3. The van der Waals surface area contributed by atoms with Gasteiger partial charge >= 0.3 is 5.97 Å².